The first-order valence-electron chi connectivity index (χ1n) is 16.5. The van der Waals surface area contributed by atoms with Gasteiger partial charge >= 0.3 is 0 Å². The Bertz CT molecular complexity index is 1890. The summed E-state index contributed by atoms with van der Waals surface area (Å²) in [5.74, 6) is 1.71. The molecule has 220 valence electrons. The Labute approximate surface area is 264 Å². The van der Waals surface area contributed by atoms with Crippen LogP contribution in [-0.4, -0.2) is 9.13 Å². The molecule has 4 aliphatic heterocycles. The van der Waals surface area contributed by atoms with Crippen LogP contribution in [0.25, 0.3) is 0 Å². The summed E-state index contributed by atoms with van der Waals surface area (Å²) in [5.41, 5.74) is 13.8. The normalized spacial score (nSPS) is 25.2. The highest BCUT2D eigenvalue weighted by Gasteiger charge is 2.44. The molecule has 2 N–H and O–H groups in total. The maximum absolute atomic E-state index is 3.95. The van der Waals surface area contributed by atoms with Crippen molar-refractivity contribution in [2.24, 2.45) is 11.8 Å². The van der Waals surface area contributed by atoms with Gasteiger partial charge in [0.2, 0.25) is 0 Å². The van der Waals surface area contributed by atoms with Gasteiger partial charge in [0.05, 0.1) is 12.1 Å². The Morgan fingerprint density at radius 3 is 1.44 bits per heavy atom. The number of fused-ring (bicyclic) bond motifs is 8. The van der Waals surface area contributed by atoms with E-state index in [2.05, 4.69) is 153 Å². The molecule has 0 saturated heterocycles. The number of benzene rings is 4. The van der Waals surface area contributed by atoms with Crippen LogP contribution < -0.4 is 10.6 Å². The molecule has 0 fully saturated rings. The van der Waals surface area contributed by atoms with Crippen molar-refractivity contribution in [3.8, 4) is 0 Å². The highest BCUT2D eigenvalue weighted by Crippen LogP contribution is 2.53. The van der Waals surface area contributed by atoms with Crippen LogP contribution in [0.1, 0.15) is 68.7 Å². The highest BCUT2D eigenvalue weighted by molar-refractivity contribution is 5.64. The lowest BCUT2D eigenvalue weighted by Gasteiger charge is -2.38. The van der Waals surface area contributed by atoms with E-state index >= 15 is 0 Å². The molecule has 0 amide bonds. The molecule has 2 aromatic heterocycles. The lowest BCUT2D eigenvalue weighted by atomic mass is 9.73. The van der Waals surface area contributed by atoms with Crippen molar-refractivity contribution in [1.82, 2.24) is 9.13 Å². The van der Waals surface area contributed by atoms with Crippen LogP contribution in [0.5, 0.6) is 0 Å². The molecule has 0 saturated carbocycles. The van der Waals surface area contributed by atoms with E-state index in [0.717, 1.165) is 19.5 Å². The minimum absolute atomic E-state index is 0.341. The number of rotatable bonds is 4. The summed E-state index contributed by atoms with van der Waals surface area (Å²) >= 11 is 0. The summed E-state index contributed by atoms with van der Waals surface area (Å²) in [6.07, 6.45) is 5.41. The molecule has 6 atom stereocenters. The minimum atomic E-state index is 0.341. The van der Waals surface area contributed by atoms with Crippen LogP contribution in [-0.2, 0) is 19.5 Å². The third kappa shape index (κ3) is 3.91. The van der Waals surface area contributed by atoms with Gasteiger partial charge in [-0.2, -0.15) is 0 Å². The van der Waals surface area contributed by atoms with Crippen molar-refractivity contribution in [2.75, 3.05) is 10.6 Å². The number of anilines is 2. The van der Waals surface area contributed by atoms with Crippen molar-refractivity contribution in [2.45, 2.75) is 43.4 Å². The fourth-order valence-electron chi connectivity index (χ4n) is 9.24. The van der Waals surface area contributed by atoms with Gasteiger partial charge in [-0.25, -0.2) is 0 Å². The van der Waals surface area contributed by atoms with Crippen LogP contribution in [0.15, 0.2) is 134 Å². The predicted octanol–water partition coefficient (Wildman–Crippen LogP) is 8.74. The Balaban J connectivity index is 1.02. The van der Waals surface area contributed by atoms with Crippen molar-refractivity contribution >= 4 is 11.4 Å². The zero-order chi connectivity index (χ0) is 29.5. The zero-order valence-corrected chi connectivity index (χ0v) is 25.2. The second-order valence-corrected chi connectivity index (χ2v) is 13.5. The molecule has 0 bridgehead atoms. The van der Waals surface area contributed by atoms with E-state index < -0.39 is 0 Å². The lowest BCUT2D eigenvalue weighted by Crippen LogP contribution is -2.30. The zero-order valence-electron chi connectivity index (χ0n) is 25.2. The van der Waals surface area contributed by atoms with Gasteiger partial charge in [0.25, 0.3) is 0 Å². The molecule has 0 spiro atoms. The first-order chi connectivity index (χ1) is 22.3. The molecule has 10 rings (SSSR count). The second-order valence-electron chi connectivity index (χ2n) is 13.5. The van der Waals surface area contributed by atoms with Crippen molar-refractivity contribution in [3.63, 3.8) is 0 Å². The molecule has 0 radical (unpaired) electrons. The van der Waals surface area contributed by atoms with E-state index in [9.17, 15) is 0 Å². The average Bonchev–Trinajstić information content (AvgIpc) is 3.86. The first-order valence-corrected chi connectivity index (χ1v) is 16.5. The summed E-state index contributed by atoms with van der Waals surface area (Å²) < 4.78 is 4.89. The molecule has 6 unspecified atom stereocenters. The maximum atomic E-state index is 3.95. The summed E-state index contributed by atoms with van der Waals surface area (Å²) in [6.45, 7) is 2.10. The van der Waals surface area contributed by atoms with Crippen molar-refractivity contribution < 1.29 is 0 Å². The predicted molar refractivity (Wildman–Crippen MR) is 181 cm³/mol. The number of nitrogens with one attached hydrogen (secondary N) is 2. The first kappa shape index (κ1) is 25.4. The van der Waals surface area contributed by atoms with Crippen LogP contribution in [0.4, 0.5) is 11.4 Å². The molecule has 4 nitrogen and oxygen atoms in total. The Morgan fingerprint density at radius 2 is 0.978 bits per heavy atom. The third-order valence-electron chi connectivity index (χ3n) is 11.1. The molecule has 6 heterocycles. The van der Waals surface area contributed by atoms with Gasteiger partial charge in [0.15, 0.2) is 0 Å². The summed E-state index contributed by atoms with van der Waals surface area (Å²) in [6, 6.07) is 46.3. The lowest BCUT2D eigenvalue weighted by molar-refractivity contribution is 0.400. The van der Waals surface area contributed by atoms with Gasteiger partial charge in [-0.3, -0.25) is 0 Å². The maximum Gasteiger partial charge on any atom is 0.0719 e. The van der Waals surface area contributed by atoms with Gasteiger partial charge in [0, 0.05) is 71.9 Å². The van der Waals surface area contributed by atoms with Gasteiger partial charge in [-0.1, -0.05) is 84.9 Å². The average molecular weight is 585 g/mol. The third-order valence-corrected chi connectivity index (χ3v) is 11.1. The van der Waals surface area contributed by atoms with Gasteiger partial charge in [0.1, 0.15) is 0 Å². The van der Waals surface area contributed by atoms with Gasteiger partial charge in [-0.15, -0.1) is 0 Å². The van der Waals surface area contributed by atoms with Gasteiger partial charge in [-0.05, 0) is 76.2 Å². The Morgan fingerprint density at radius 1 is 0.511 bits per heavy atom. The van der Waals surface area contributed by atoms with E-state index in [-0.39, 0.29) is 0 Å². The van der Waals surface area contributed by atoms with Gasteiger partial charge < -0.3 is 19.8 Å². The van der Waals surface area contributed by atoms with Crippen molar-refractivity contribution in [3.05, 3.63) is 178 Å². The van der Waals surface area contributed by atoms with E-state index in [0.29, 0.717) is 35.8 Å². The van der Waals surface area contributed by atoms with Crippen LogP contribution in [0, 0.1) is 11.8 Å². The van der Waals surface area contributed by atoms with Crippen LogP contribution in [0.3, 0.4) is 0 Å². The molecule has 4 aliphatic rings. The Kier molecular flexibility index (Phi) is 5.51. The molecule has 4 aromatic carbocycles. The number of aromatic nitrogens is 2. The quantitative estimate of drug-likeness (QED) is 0.217. The van der Waals surface area contributed by atoms with E-state index in [4.69, 9.17) is 0 Å². The number of nitrogens with zero attached hydrogens (tertiary/aromatic N) is 2. The molecular formula is C41H36N4. The summed E-state index contributed by atoms with van der Waals surface area (Å²) in [7, 11) is 0. The molecule has 6 aromatic rings. The molecular weight excluding hydrogens is 548 g/mol. The van der Waals surface area contributed by atoms with Crippen LogP contribution in [0.2, 0.25) is 0 Å². The second kappa shape index (κ2) is 9.77. The topological polar surface area (TPSA) is 33.9 Å². The van der Waals surface area contributed by atoms with E-state index in [1.807, 2.05) is 0 Å². The standard InChI is InChI=1S/C41H36N4/c1-3-9-28(10-4-1)38-30-22-26(15-17-34(30)42-40-32(38)24-44-19-7-13-36(40)44)21-27-16-18-35-31(23-27)39(29-11-5-2-6-12-29)33-25-45-20-8-14-37(45)41(33)43-35/h1-20,22-23,32-33,38-43H,21,24-25H2. The van der Waals surface area contributed by atoms with E-state index in [1.54, 1.807) is 0 Å². The fraction of sp³-hybridized carbons (Fsp3) is 0.220. The summed E-state index contributed by atoms with van der Waals surface area (Å²) in [4.78, 5) is 0. The number of hydrogen-bond donors (Lipinski definition) is 2. The smallest absolute Gasteiger partial charge is 0.0719 e. The Hall–Kier alpha value is -4.96. The minimum Gasteiger partial charge on any atom is -0.376 e. The molecule has 45 heavy (non-hydrogen) atoms. The largest absolute Gasteiger partial charge is 0.376 e. The van der Waals surface area contributed by atoms with Crippen molar-refractivity contribution in [1.29, 1.82) is 0 Å². The molecule has 0 aliphatic carbocycles. The van der Waals surface area contributed by atoms with Crippen LogP contribution >= 0.6 is 0 Å². The van der Waals surface area contributed by atoms with E-state index in [1.165, 1.54) is 56.1 Å². The monoisotopic (exact) mass is 584 g/mol. The fourth-order valence-corrected chi connectivity index (χ4v) is 9.24. The molecule has 4 heteroatoms. The highest BCUT2D eigenvalue weighted by atomic mass is 15.1. The SMILES string of the molecule is c1ccc(C2c3cc(Cc4ccc5c(c4)C(c4ccccc4)C4Cn6cccc6C4N5)ccc3NC3c4cccn4CC32)cc1. The number of hydrogen-bond acceptors (Lipinski definition) is 2. The summed E-state index contributed by atoms with van der Waals surface area (Å²) in [5, 5.41) is 7.91.